The minimum absolute atomic E-state index is 0.0118. The summed E-state index contributed by atoms with van der Waals surface area (Å²) in [6, 6.07) is 13.6. The molecule has 2 aromatic rings. The molecule has 0 fully saturated rings. The number of methoxy groups -OCH3 is 1. The summed E-state index contributed by atoms with van der Waals surface area (Å²) in [6.07, 6.45) is 1.94. The summed E-state index contributed by atoms with van der Waals surface area (Å²) in [4.78, 5) is 14.6. The number of nitrogens with one attached hydrogen (secondary N) is 1. The second-order valence-corrected chi connectivity index (χ2v) is 6.67. The van der Waals surface area contributed by atoms with E-state index in [1.165, 1.54) is 0 Å². The smallest absolute Gasteiger partial charge is 0.240 e. The molecule has 3 rings (SSSR count). The van der Waals surface area contributed by atoms with Crippen LogP contribution >= 0.6 is 11.6 Å². The first kappa shape index (κ1) is 17.8. The highest BCUT2D eigenvalue weighted by atomic mass is 35.5. The normalized spacial score (nSPS) is 14.8. The Morgan fingerprint density at radius 3 is 2.88 bits per heavy atom. The van der Waals surface area contributed by atoms with Crippen LogP contribution in [0.3, 0.4) is 0 Å². The fraction of sp³-hybridized carbons (Fsp3) is 0.350. The van der Waals surface area contributed by atoms with E-state index in [1.54, 1.807) is 7.11 Å². The van der Waals surface area contributed by atoms with Crippen molar-refractivity contribution in [3.05, 3.63) is 58.6 Å². The van der Waals surface area contributed by atoms with Crippen molar-refractivity contribution < 1.29 is 9.53 Å². The number of rotatable bonds is 5. The number of nitrogens with zero attached hydrogens (tertiary/aromatic N) is 1. The van der Waals surface area contributed by atoms with Gasteiger partial charge in [-0.05, 0) is 55.2 Å². The molecule has 0 radical (unpaired) electrons. The molecule has 1 amide bonds. The number of aryl methyl sites for hydroxylation is 1. The average Bonchev–Trinajstić information content (AvgIpc) is 2.65. The third kappa shape index (κ3) is 3.97. The Balaban J connectivity index is 1.68. The van der Waals surface area contributed by atoms with Gasteiger partial charge in [0.15, 0.2) is 0 Å². The molecule has 1 aliphatic rings. The summed E-state index contributed by atoms with van der Waals surface area (Å²) in [5.74, 6) is 0.906. The standard InChI is InChI=1S/C20H23ClN2O2/c1-14(17-7-3-4-8-18(17)21)22-13-20(24)23-11-5-6-15-12-16(25-2)9-10-19(15)23/h3-4,7-10,12,14,22H,5-6,11,13H2,1-2H3. The number of carbonyl (C=O) groups is 1. The molecule has 1 atom stereocenters. The lowest BCUT2D eigenvalue weighted by Gasteiger charge is -2.30. The third-order valence-electron chi connectivity index (χ3n) is 4.64. The van der Waals surface area contributed by atoms with Crippen LogP contribution < -0.4 is 15.0 Å². The summed E-state index contributed by atoms with van der Waals surface area (Å²) in [7, 11) is 1.66. The second-order valence-electron chi connectivity index (χ2n) is 6.27. The fourth-order valence-corrected chi connectivity index (χ4v) is 3.53. The number of carbonyl (C=O) groups excluding carboxylic acids is 1. The molecule has 0 spiro atoms. The van der Waals surface area contributed by atoms with Crippen LogP contribution in [0, 0.1) is 0 Å². The molecule has 1 N–H and O–H groups in total. The Morgan fingerprint density at radius 2 is 2.12 bits per heavy atom. The number of halogens is 1. The van der Waals surface area contributed by atoms with Gasteiger partial charge >= 0.3 is 0 Å². The predicted octanol–water partition coefficient (Wildman–Crippen LogP) is 3.98. The van der Waals surface area contributed by atoms with Crippen molar-refractivity contribution in [2.24, 2.45) is 0 Å². The van der Waals surface area contributed by atoms with Gasteiger partial charge in [-0.15, -0.1) is 0 Å². The first-order valence-corrected chi connectivity index (χ1v) is 8.93. The van der Waals surface area contributed by atoms with E-state index in [-0.39, 0.29) is 18.5 Å². The third-order valence-corrected chi connectivity index (χ3v) is 4.98. The monoisotopic (exact) mass is 358 g/mol. The van der Waals surface area contributed by atoms with Crippen molar-refractivity contribution in [1.82, 2.24) is 5.32 Å². The molecule has 5 heteroatoms. The van der Waals surface area contributed by atoms with Gasteiger partial charge in [-0.2, -0.15) is 0 Å². The zero-order valence-electron chi connectivity index (χ0n) is 14.6. The van der Waals surface area contributed by atoms with Gasteiger partial charge in [0.25, 0.3) is 0 Å². The van der Waals surface area contributed by atoms with Crippen molar-refractivity contribution in [2.45, 2.75) is 25.8 Å². The molecule has 2 aromatic carbocycles. The first-order valence-electron chi connectivity index (χ1n) is 8.55. The largest absolute Gasteiger partial charge is 0.497 e. The number of amides is 1. The number of anilines is 1. The van der Waals surface area contributed by atoms with E-state index in [9.17, 15) is 4.79 Å². The Morgan fingerprint density at radius 1 is 1.32 bits per heavy atom. The summed E-state index contributed by atoms with van der Waals surface area (Å²) in [6.45, 7) is 3.04. The highest BCUT2D eigenvalue weighted by Crippen LogP contribution is 2.30. The molecule has 0 saturated carbocycles. The molecule has 1 heterocycles. The van der Waals surface area contributed by atoms with Gasteiger partial charge in [0.2, 0.25) is 5.91 Å². The SMILES string of the molecule is COc1ccc2c(c1)CCCN2C(=O)CNC(C)c1ccccc1Cl. The Kier molecular flexibility index (Phi) is 5.61. The van der Waals surface area contributed by atoms with Crippen molar-refractivity contribution >= 4 is 23.2 Å². The lowest BCUT2D eigenvalue weighted by molar-refractivity contribution is -0.118. The van der Waals surface area contributed by atoms with Crippen molar-refractivity contribution in [2.75, 3.05) is 25.1 Å². The Labute approximate surface area is 153 Å². The maximum atomic E-state index is 12.7. The van der Waals surface area contributed by atoms with Crippen LogP contribution in [0.15, 0.2) is 42.5 Å². The maximum absolute atomic E-state index is 12.7. The van der Waals surface area contributed by atoms with E-state index >= 15 is 0 Å². The van der Waals surface area contributed by atoms with Crippen LogP contribution in [0.25, 0.3) is 0 Å². The van der Waals surface area contributed by atoms with Gasteiger partial charge in [0, 0.05) is 23.3 Å². The number of ether oxygens (including phenoxy) is 1. The Hall–Kier alpha value is -2.04. The lowest BCUT2D eigenvalue weighted by atomic mass is 10.0. The number of hydrogen-bond donors (Lipinski definition) is 1. The van der Waals surface area contributed by atoms with E-state index in [2.05, 4.69) is 5.32 Å². The molecular weight excluding hydrogens is 336 g/mol. The summed E-state index contributed by atoms with van der Waals surface area (Å²) in [5.41, 5.74) is 3.16. The molecule has 1 aliphatic heterocycles. The van der Waals surface area contributed by atoms with Gasteiger partial charge in [-0.1, -0.05) is 29.8 Å². The predicted molar refractivity (Wildman–Crippen MR) is 102 cm³/mol. The summed E-state index contributed by atoms with van der Waals surface area (Å²) < 4.78 is 5.29. The molecular formula is C20H23ClN2O2. The quantitative estimate of drug-likeness (QED) is 0.879. The fourth-order valence-electron chi connectivity index (χ4n) is 3.23. The van der Waals surface area contributed by atoms with E-state index in [1.807, 2.05) is 54.3 Å². The second kappa shape index (κ2) is 7.89. The van der Waals surface area contributed by atoms with Crippen LogP contribution in [-0.4, -0.2) is 26.1 Å². The molecule has 4 nitrogen and oxygen atoms in total. The topological polar surface area (TPSA) is 41.6 Å². The van der Waals surface area contributed by atoms with Crippen LogP contribution in [-0.2, 0) is 11.2 Å². The highest BCUT2D eigenvalue weighted by molar-refractivity contribution is 6.31. The zero-order chi connectivity index (χ0) is 17.8. The molecule has 0 aromatic heterocycles. The first-order chi connectivity index (χ1) is 12.1. The van der Waals surface area contributed by atoms with Gasteiger partial charge in [0.05, 0.1) is 13.7 Å². The van der Waals surface area contributed by atoms with E-state index in [0.29, 0.717) is 5.02 Å². The lowest BCUT2D eigenvalue weighted by Crippen LogP contribution is -2.41. The molecule has 0 aliphatic carbocycles. The highest BCUT2D eigenvalue weighted by Gasteiger charge is 2.23. The Bertz CT molecular complexity index is 763. The van der Waals surface area contributed by atoms with Gasteiger partial charge < -0.3 is 15.0 Å². The van der Waals surface area contributed by atoms with Crippen LogP contribution in [0.4, 0.5) is 5.69 Å². The molecule has 0 bridgehead atoms. The van der Waals surface area contributed by atoms with E-state index in [0.717, 1.165) is 42.0 Å². The molecule has 1 unspecified atom stereocenters. The number of benzene rings is 2. The van der Waals surface area contributed by atoms with Crippen molar-refractivity contribution in [3.63, 3.8) is 0 Å². The van der Waals surface area contributed by atoms with Crippen LogP contribution in [0.1, 0.15) is 30.5 Å². The number of hydrogen-bond acceptors (Lipinski definition) is 3. The van der Waals surface area contributed by atoms with Gasteiger partial charge in [-0.25, -0.2) is 0 Å². The minimum Gasteiger partial charge on any atom is -0.497 e. The summed E-state index contributed by atoms with van der Waals surface area (Å²) in [5, 5.41) is 4.00. The number of fused-ring (bicyclic) bond motifs is 1. The van der Waals surface area contributed by atoms with Gasteiger partial charge in [0.1, 0.15) is 5.75 Å². The maximum Gasteiger partial charge on any atom is 0.240 e. The van der Waals surface area contributed by atoms with Crippen molar-refractivity contribution in [1.29, 1.82) is 0 Å². The molecule has 25 heavy (non-hydrogen) atoms. The van der Waals surface area contributed by atoms with E-state index < -0.39 is 0 Å². The minimum atomic E-state index is 0.0118. The molecule has 132 valence electrons. The zero-order valence-corrected chi connectivity index (χ0v) is 15.3. The average molecular weight is 359 g/mol. The molecule has 0 saturated heterocycles. The van der Waals surface area contributed by atoms with Gasteiger partial charge in [-0.3, -0.25) is 4.79 Å². The van der Waals surface area contributed by atoms with Crippen LogP contribution in [0.5, 0.6) is 5.75 Å². The summed E-state index contributed by atoms with van der Waals surface area (Å²) >= 11 is 6.23. The van der Waals surface area contributed by atoms with E-state index in [4.69, 9.17) is 16.3 Å². The van der Waals surface area contributed by atoms with Crippen LogP contribution in [0.2, 0.25) is 5.02 Å². The van der Waals surface area contributed by atoms with Crippen molar-refractivity contribution in [3.8, 4) is 5.75 Å².